The Morgan fingerprint density at radius 1 is 1.24 bits per heavy atom. The van der Waals surface area contributed by atoms with Crippen LogP contribution in [0.4, 0.5) is 0 Å². The molecule has 1 N–H and O–H groups in total. The molecule has 0 bridgehead atoms. The second-order valence-electron chi connectivity index (χ2n) is 9.96. The number of ketones is 1. The fraction of sp³-hybridized carbons (Fsp3) is 0.609. The molecule has 2 fully saturated rings. The Hall–Kier alpha value is -1.79. The number of Topliss-reactive ketones (excluding diaryl/α,β-unsaturated/α-hetero) is 1. The van der Waals surface area contributed by atoms with Gasteiger partial charge in [-0.3, -0.25) is 14.6 Å². The van der Waals surface area contributed by atoms with Crippen LogP contribution in [0, 0.1) is 11.8 Å². The van der Waals surface area contributed by atoms with Gasteiger partial charge in [-0.1, -0.05) is 20.8 Å². The summed E-state index contributed by atoms with van der Waals surface area (Å²) in [5.74, 6) is -0.231. The van der Waals surface area contributed by atoms with E-state index in [4.69, 9.17) is 4.43 Å². The Morgan fingerprint density at radius 2 is 1.90 bits per heavy atom. The van der Waals surface area contributed by atoms with Gasteiger partial charge in [0.2, 0.25) is 5.91 Å². The molecule has 0 spiro atoms. The van der Waals surface area contributed by atoms with Gasteiger partial charge in [-0.05, 0) is 73.7 Å². The van der Waals surface area contributed by atoms with Gasteiger partial charge in [-0.2, -0.15) is 0 Å². The lowest BCUT2D eigenvalue weighted by Crippen LogP contribution is -2.67. The van der Waals surface area contributed by atoms with E-state index in [2.05, 4.69) is 44.2 Å². The lowest BCUT2D eigenvalue weighted by atomic mass is 9.70. The zero-order valence-electron chi connectivity index (χ0n) is 18.5. The Kier molecular flexibility index (Phi) is 6.15. The van der Waals surface area contributed by atoms with Gasteiger partial charge in [0.05, 0.1) is 18.1 Å². The molecule has 5 nitrogen and oxygen atoms in total. The van der Waals surface area contributed by atoms with Crippen LogP contribution in [0.25, 0.3) is 6.08 Å². The molecule has 1 saturated carbocycles. The van der Waals surface area contributed by atoms with E-state index in [1.54, 1.807) is 12.4 Å². The monoisotopic (exact) mass is 414 g/mol. The first kappa shape index (κ1) is 21.9. The Balaban J connectivity index is 1.75. The maximum atomic E-state index is 13.2. The molecule has 1 aliphatic heterocycles. The van der Waals surface area contributed by atoms with Gasteiger partial charge < -0.3 is 9.74 Å². The van der Waals surface area contributed by atoms with Crippen LogP contribution in [-0.4, -0.2) is 37.1 Å². The van der Waals surface area contributed by atoms with Crippen LogP contribution in [0.1, 0.15) is 52.5 Å². The molecule has 1 aromatic heterocycles. The van der Waals surface area contributed by atoms with Crippen molar-refractivity contribution in [3.8, 4) is 0 Å². The zero-order chi connectivity index (χ0) is 21.4. The van der Waals surface area contributed by atoms with E-state index < -0.39 is 8.32 Å². The van der Waals surface area contributed by atoms with Crippen LogP contribution in [-0.2, 0) is 14.0 Å². The van der Waals surface area contributed by atoms with Crippen molar-refractivity contribution >= 4 is 26.1 Å². The van der Waals surface area contributed by atoms with E-state index in [-0.39, 0.29) is 40.7 Å². The van der Waals surface area contributed by atoms with Gasteiger partial charge in [-0.25, -0.2) is 0 Å². The number of hydrogen-bond donors (Lipinski definition) is 1. The normalized spacial score (nSPS) is 28.1. The Bertz CT molecular complexity index is 798. The summed E-state index contributed by atoms with van der Waals surface area (Å²) in [5.41, 5.74) is 1.85. The zero-order valence-corrected chi connectivity index (χ0v) is 19.5. The maximum Gasteiger partial charge on any atom is 0.228 e. The number of pyridine rings is 1. The summed E-state index contributed by atoms with van der Waals surface area (Å²) >= 11 is 0. The summed E-state index contributed by atoms with van der Waals surface area (Å²) in [7, 11) is -1.99. The number of aromatic nitrogens is 1. The maximum absolute atomic E-state index is 13.2. The van der Waals surface area contributed by atoms with Crippen molar-refractivity contribution in [2.45, 2.75) is 77.2 Å². The summed E-state index contributed by atoms with van der Waals surface area (Å²) in [4.78, 5) is 29.7. The van der Waals surface area contributed by atoms with Gasteiger partial charge in [0.1, 0.15) is 0 Å². The van der Waals surface area contributed by atoms with E-state index >= 15 is 0 Å². The number of hydrogen-bond acceptors (Lipinski definition) is 4. The summed E-state index contributed by atoms with van der Waals surface area (Å²) in [5, 5.41) is 3.10. The molecular formula is C23H34N2O3Si. The van der Waals surface area contributed by atoms with Crippen molar-refractivity contribution in [2.24, 2.45) is 11.8 Å². The second-order valence-corrected chi connectivity index (χ2v) is 14.7. The number of carbonyl (C=O) groups is 2. The largest absolute Gasteiger partial charge is 0.413 e. The molecule has 4 atom stereocenters. The van der Waals surface area contributed by atoms with Crippen molar-refractivity contribution in [1.29, 1.82) is 0 Å². The Morgan fingerprint density at radius 3 is 2.48 bits per heavy atom. The second kappa shape index (κ2) is 8.15. The minimum atomic E-state index is -1.99. The number of β-lactam (4-membered cyclic amide) rings is 1. The molecule has 3 rings (SSSR count). The number of rotatable bonds is 5. The highest BCUT2D eigenvalue weighted by molar-refractivity contribution is 6.74. The van der Waals surface area contributed by atoms with E-state index in [0.29, 0.717) is 0 Å². The first-order chi connectivity index (χ1) is 13.5. The van der Waals surface area contributed by atoms with Crippen molar-refractivity contribution in [3.63, 3.8) is 0 Å². The SMILES string of the molecule is C[C@@H](O[Si](C)(C)C(C)(C)C)[C@H]1C(=O)N[C@@H]1[C@@H]1CCCC(=Cc2ccncc2)C1=O. The lowest BCUT2D eigenvalue weighted by Gasteiger charge is -2.48. The van der Waals surface area contributed by atoms with Crippen molar-refractivity contribution < 1.29 is 14.0 Å². The average Bonchev–Trinajstić information content (AvgIpc) is 2.61. The fourth-order valence-corrected chi connectivity index (χ4v) is 5.57. The van der Waals surface area contributed by atoms with Crippen LogP contribution in [0.5, 0.6) is 0 Å². The van der Waals surface area contributed by atoms with E-state index in [1.165, 1.54) is 0 Å². The highest BCUT2D eigenvalue weighted by Crippen LogP contribution is 2.41. The number of allylic oxidation sites excluding steroid dienone is 1. The number of amides is 1. The fourth-order valence-electron chi connectivity index (χ4n) is 4.14. The number of nitrogens with one attached hydrogen (secondary N) is 1. The molecule has 158 valence electrons. The van der Waals surface area contributed by atoms with Crippen LogP contribution in [0.2, 0.25) is 18.1 Å². The standard InChI is InChI=1S/C23H34N2O3Si/c1-15(28-29(5,6)23(2,3)4)19-20(25-22(19)27)18-9-7-8-17(21(18)26)14-16-10-12-24-13-11-16/h10-15,18-20H,7-9H2,1-6H3,(H,25,27)/t15-,18+,19-,20-/m1/s1. The minimum absolute atomic E-state index is 0.0132. The smallest absolute Gasteiger partial charge is 0.228 e. The molecule has 0 radical (unpaired) electrons. The van der Waals surface area contributed by atoms with E-state index in [0.717, 1.165) is 30.4 Å². The molecule has 29 heavy (non-hydrogen) atoms. The van der Waals surface area contributed by atoms with Gasteiger partial charge >= 0.3 is 0 Å². The molecule has 2 heterocycles. The quantitative estimate of drug-likeness (QED) is 0.442. The van der Waals surface area contributed by atoms with Gasteiger partial charge in [0, 0.05) is 18.3 Å². The highest BCUT2D eigenvalue weighted by atomic mass is 28.4. The van der Waals surface area contributed by atoms with E-state index in [1.807, 2.05) is 25.1 Å². The van der Waals surface area contributed by atoms with Gasteiger partial charge in [-0.15, -0.1) is 0 Å². The first-order valence-electron chi connectivity index (χ1n) is 10.6. The molecule has 1 amide bonds. The third-order valence-electron chi connectivity index (χ3n) is 6.89. The van der Waals surface area contributed by atoms with E-state index in [9.17, 15) is 9.59 Å². The highest BCUT2D eigenvalue weighted by Gasteiger charge is 2.52. The van der Waals surface area contributed by atoms with Crippen LogP contribution >= 0.6 is 0 Å². The van der Waals surface area contributed by atoms with Crippen molar-refractivity contribution in [2.75, 3.05) is 0 Å². The average molecular weight is 415 g/mol. The van der Waals surface area contributed by atoms with Crippen LogP contribution in [0.3, 0.4) is 0 Å². The predicted octanol–water partition coefficient (Wildman–Crippen LogP) is 4.36. The molecule has 1 saturated heterocycles. The third kappa shape index (κ3) is 4.53. The Labute approximate surface area is 175 Å². The summed E-state index contributed by atoms with van der Waals surface area (Å²) in [6, 6.07) is 3.69. The molecule has 6 heteroatoms. The minimum Gasteiger partial charge on any atom is -0.413 e. The number of nitrogens with zero attached hydrogens (tertiary/aromatic N) is 1. The predicted molar refractivity (Wildman–Crippen MR) is 118 cm³/mol. The number of carbonyl (C=O) groups excluding carboxylic acids is 2. The van der Waals surface area contributed by atoms with Gasteiger partial charge in [0.15, 0.2) is 14.1 Å². The van der Waals surface area contributed by atoms with Gasteiger partial charge in [0.25, 0.3) is 0 Å². The first-order valence-corrected chi connectivity index (χ1v) is 13.5. The van der Waals surface area contributed by atoms with Crippen molar-refractivity contribution in [3.05, 3.63) is 35.7 Å². The molecular weight excluding hydrogens is 380 g/mol. The molecule has 1 aliphatic carbocycles. The molecule has 1 aromatic rings. The van der Waals surface area contributed by atoms with Crippen LogP contribution < -0.4 is 5.32 Å². The third-order valence-corrected chi connectivity index (χ3v) is 11.5. The molecule has 0 aromatic carbocycles. The molecule has 2 aliphatic rings. The summed E-state index contributed by atoms with van der Waals surface area (Å²) in [6.07, 6.45) is 7.83. The molecule has 0 unspecified atom stereocenters. The van der Waals surface area contributed by atoms with Crippen LogP contribution in [0.15, 0.2) is 30.1 Å². The topological polar surface area (TPSA) is 68.3 Å². The van der Waals surface area contributed by atoms with Crippen molar-refractivity contribution in [1.82, 2.24) is 10.3 Å². The summed E-state index contributed by atoms with van der Waals surface area (Å²) in [6.45, 7) is 13.0. The summed E-state index contributed by atoms with van der Waals surface area (Å²) < 4.78 is 6.50. The lowest BCUT2D eigenvalue weighted by molar-refractivity contribution is -0.144.